The van der Waals surface area contributed by atoms with E-state index in [9.17, 15) is 4.79 Å². The second kappa shape index (κ2) is 9.55. The first-order valence-electron chi connectivity index (χ1n) is 9.63. The van der Waals surface area contributed by atoms with Gasteiger partial charge in [-0.25, -0.2) is 0 Å². The van der Waals surface area contributed by atoms with Crippen molar-refractivity contribution in [3.8, 4) is 0 Å². The topological polar surface area (TPSA) is 32.3 Å². The van der Waals surface area contributed by atoms with E-state index in [4.69, 9.17) is 0 Å². The van der Waals surface area contributed by atoms with Crippen LogP contribution in [0.2, 0.25) is 0 Å². The Morgan fingerprint density at radius 2 is 1.67 bits per heavy atom. The van der Waals surface area contributed by atoms with Crippen molar-refractivity contribution in [3.63, 3.8) is 0 Å². The van der Waals surface area contributed by atoms with Gasteiger partial charge in [0.15, 0.2) is 0 Å². The van der Waals surface area contributed by atoms with Crippen LogP contribution in [0.5, 0.6) is 0 Å². The lowest BCUT2D eigenvalue weighted by Crippen LogP contribution is -3.00. The highest BCUT2D eigenvalue weighted by Gasteiger charge is 2.29. The zero-order valence-electron chi connectivity index (χ0n) is 16.5. The number of carbonyl (C=O) groups excluding carboxylic acids is 1. The van der Waals surface area contributed by atoms with E-state index >= 15 is 0 Å². The third kappa shape index (κ3) is 5.23. The standard InChI is InChI=1S/C22H29N3O.HI/c1-4-25(5-2)15-13-24(14-16-25)21-11-9-19(10-12-21)22(26)23-20-8-6-7-18(3)17-20;/h6-12,17H,4-5,13-16H2,1-3H3;1H. The molecule has 0 bridgehead atoms. The SMILES string of the molecule is CC[N+]1(CC)CCN(c2ccc(C(=O)Nc3cccc(C)c3)cc2)CC1.[I-]. The van der Waals surface area contributed by atoms with E-state index in [1.807, 2.05) is 43.3 Å². The van der Waals surface area contributed by atoms with Crippen molar-refractivity contribution in [3.05, 3.63) is 59.7 Å². The largest absolute Gasteiger partial charge is 1.00 e. The quantitative estimate of drug-likeness (QED) is 0.512. The number of anilines is 2. The molecule has 0 atom stereocenters. The number of piperazine rings is 1. The molecule has 0 saturated carbocycles. The average Bonchev–Trinajstić information content (AvgIpc) is 2.68. The van der Waals surface area contributed by atoms with Crippen LogP contribution in [0.25, 0.3) is 0 Å². The number of likely N-dealkylation sites (N-methyl/N-ethyl adjacent to an activating group) is 1. The average molecular weight is 479 g/mol. The number of rotatable bonds is 5. The summed E-state index contributed by atoms with van der Waals surface area (Å²) in [5, 5.41) is 2.97. The summed E-state index contributed by atoms with van der Waals surface area (Å²) >= 11 is 0. The molecule has 2 aromatic rings. The van der Waals surface area contributed by atoms with E-state index in [0.29, 0.717) is 5.56 Å². The Balaban J connectivity index is 0.00000261. The molecular weight excluding hydrogens is 449 g/mol. The van der Waals surface area contributed by atoms with Gasteiger partial charge in [-0.05, 0) is 62.7 Å². The molecule has 1 heterocycles. The summed E-state index contributed by atoms with van der Waals surface area (Å²) in [5.74, 6) is -0.0616. The molecule has 0 radical (unpaired) electrons. The van der Waals surface area contributed by atoms with Gasteiger partial charge < -0.3 is 38.7 Å². The van der Waals surface area contributed by atoms with Crippen LogP contribution in [0.1, 0.15) is 29.8 Å². The van der Waals surface area contributed by atoms with E-state index < -0.39 is 0 Å². The monoisotopic (exact) mass is 479 g/mol. The molecule has 1 amide bonds. The lowest BCUT2D eigenvalue weighted by atomic mass is 10.1. The molecule has 1 N–H and O–H groups in total. The highest BCUT2D eigenvalue weighted by Crippen LogP contribution is 2.21. The van der Waals surface area contributed by atoms with Crippen LogP contribution in [0.3, 0.4) is 0 Å². The predicted molar refractivity (Wildman–Crippen MR) is 109 cm³/mol. The van der Waals surface area contributed by atoms with Gasteiger partial charge in [-0.3, -0.25) is 4.79 Å². The highest BCUT2D eigenvalue weighted by molar-refractivity contribution is 6.04. The lowest BCUT2D eigenvalue weighted by Gasteiger charge is -2.44. The molecule has 1 saturated heterocycles. The van der Waals surface area contributed by atoms with Crippen LogP contribution in [-0.2, 0) is 0 Å². The van der Waals surface area contributed by atoms with Crippen molar-refractivity contribution >= 4 is 17.3 Å². The number of carbonyl (C=O) groups is 1. The van der Waals surface area contributed by atoms with Gasteiger partial charge >= 0.3 is 0 Å². The zero-order valence-corrected chi connectivity index (χ0v) is 18.7. The first-order chi connectivity index (χ1) is 12.5. The minimum Gasteiger partial charge on any atom is -1.00 e. The maximum absolute atomic E-state index is 12.4. The molecule has 1 aliphatic heterocycles. The molecule has 1 fully saturated rings. The van der Waals surface area contributed by atoms with Crippen molar-refractivity contribution in [1.29, 1.82) is 0 Å². The van der Waals surface area contributed by atoms with Gasteiger partial charge in [-0.15, -0.1) is 0 Å². The summed E-state index contributed by atoms with van der Waals surface area (Å²) < 4.78 is 1.22. The Labute approximate surface area is 180 Å². The Hall–Kier alpha value is -1.60. The number of nitrogens with one attached hydrogen (secondary N) is 1. The van der Waals surface area contributed by atoms with E-state index in [2.05, 4.69) is 36.2 Å². The fourth-order valence-corrected chi connectivity index (χ4v) is 3.75. The minimum absolute atomic E-state index is 0. The van der Waals surface area contributed by atoms with Crippen molar-refractivity contribution in [2.75, 3.05) is 49.5 Å². The number of nitrogens with zero attached hydrogens (tertiary/aromatic N) is 2. The zero-order chi connectivity index (χ0) is 18.6. The Morgan fingerprint density at radius 3 is 2.22 bits per heavy atom. The molecule has 2 aromatic carbocycles. The van der Waals surface area contributed by atoms with E-state index in [0.717, 1.165) is 24.3 Å². The Morgan fingerprint density at radius 1 is 1.04 bits per heavy atom. The third-order valence-electron chi connectivity index (χ3n) is 5.80. The van der Waals surface area contributed by atoms with Crippen LogP contribution in [0, 0.1) is 6.92 Å². The molecule has 0 aromatic heterocycles. The fourth-order valence-electron chi connectivity index (χ4n) is 3.75. The molecule has 0 spiro atoms. The van der Waals surface area contributed by atoms with Gasteiger partial charge in [-0.2, -0.15) is 0 Å². The number of halogens is 1. The van der Waals surface area contributed by atoms with E-state index in [1.165, 1.54) is 36.3 Å². The summed E-state index contributed by atoms with van der Waals surface area (Å²) in [6, 6.07) is 15.9. The summed E-state index contributed by atoms with van der Waals surface area (Å²) in [7, 11) is 0. The number of quaternary nitrogens is 1. The van der Waals surface area contributed by atoms with Crippen molar-refractivity contribution < 1.29 is 33.3 Å². The first kappa shape index (κ1) is 21.7. The maximum atomic E-state index is 12.4. The number of amides is 1. The molecular formula is C22H30IN3O. The minimum atomic E-state index is -0.0616. The molecule has 3 rings (SSSR count). The Kier molecular flexibility index (Phi) is 7.68. The molecule has 0 unspecified atom stereocenters. The normalized spacial score (nSPS) is 15.7. The lowest BCUT2D eigenvalue weighted by molar-refractivity contribution is -0.925. The third-order valence-corrected chi connectivity index (χ3v) is 5.80. The number of aryl methyl sites for hydroxylation is 1. The fraction of sp³-hybridized carbons (Fsp3) is 0.409. The second-order valence-electron chi connectivity index (χ2n) is 7.28. The molecule has 4 nitrogen and oxygen atoms in total. The maximum Gasteiger partial charge on any atom is 0.255 e. The number of hydrogen-bond acceptors (Lipinski definition) is 2. The van der Waals surface area contributed by atoms with Gasteiger partial charge in [0.2, 0.25) is 0 Å². The van der Waals surface area contributed by atoms with Gasteiger partial charge in [-0.1, -0.05) is 12.1 Å². The molecule has 27 heavy (non-hydrogen) atoms. The van der Waals surface area contributed by atoms with Crippen LogP contribution >= 0.6 is 0 Å². The molecule has 146 valence electrons. The van der Waals surface area contributed by atoms with Crippen LogP contribution in [-0.4, -0.2) is 49.7 Å². The molecule has 1 aliphatic rings. The Bertz CT molecular complexity index is 746. The summed E-state index contributed by atoms with van der Waals surface area (Å²) in [5.41, 5.74) is 3.88. The van der Waals surface area contributed by atoms with Gasteiger partial charge in [0.1, 0.15) is 0 Å². The summed E-state index contributed by atoms with van der Waals surface area (Å²) in [4.78, 5) is 14.9. The molecule has 0 aliphatic carbocycles. The van der Waals surface area contributed by atoms with Gasteiger partial charge in [0.25, 0.3) is 5.91 Å². The first-order valence-corrected chi connectivity index (χ1v) is 9.63. The second-order valence-corrected chi connectivity index (χ2v) is 7.28. The van der Waals surface area contributed by atoms with E-state index in [1.54, 1.807) is 0 Å². The van der Waals surface area contributed by atoms with E-state index in [-0.39, 0.29) is 29.9 Å². The van der Waals surface area contributed by atoms with Crippen molar-refractivity contribution in [2.45, 2.75) is 20.8 Å². The molecule has 5 heteroatoms. The van der Waals surface area contributed by atoms with Gasteiger partial charge in [0.05, 0.1) is 39.3 Å². The van der Waals surface area contributed by atoms with Crippen molar-refractivity contribution in [1.82, 2.24) is 0 Å². The van der Waals surface area contributed by atoms with Gasteiger partial charge in [0, 0.05) is 16.9 Å². The van der Waals surface area contributed by atoms with Crippen LogP contribution < -0.4 is 34.2 Å². The smallest absolute Gasteiger partial charge is 0.255 e. The number of hydrogen-bond donors (Lipinski definition) is 1. The summed E-state index contributed by atoms with van der Waals surface area (Å²) in [6.07, 6.45) is 0. The predicted octanol–water partition coefficient (Wildman–Crippen LogP) is 0.928. The number of benzene rings is 2. The van der Waals surface area contributed by atoms with Crippen molar-refractivity contribution in [2.24, 2.45) is 0 Å². The van der Waals surface area contributed by atoms with Crippen LogP contribution in [0.4, 0.5) is 11.4 Å². The highest BCUT2D eigenvalue weighted by atomic mass is 127. The summed E-state index contributed by atoms with van der Waals surface area (Å²) in [6.45, 7) is 13.6. The van der Waals surface area contributed by atoms with Crippen LogP contribution in [0.15, 0.2) is 48.5 Å².